The minimum absolute atomic E-state index is 0.00133. The third-order valence-corrected chi connectivity index (χ3v) is 18.7. The molecule has 1 amide bonds. The molecular weight excluding hydrogens is 853 g/mol. The normalized spacial score (nSPS) is 31.5. The number of amides is 1. The number of aliphatic hydroxyl groups is 2. The van der Waals surface area contributed by atoms with Gasteiger partial charge in [0, 0.05) is 95.7 Å². The molecule has 13 nitrogen and oxygen atoms in total. The Morgan fingerprint density at radius 2 is 1.95 bits per heavy atom. The fourth-order valence-electron chi connectivity index (χ4n) is 12.4. The van der Waals surface area contributed by atoms with Crippen LogP contribution < -0.4 is 21.4 Å². The summed E-state index contributed by atoms with van der Waals surface area (Å²) in [6, 6.07) is 7.53. The number of esters is 1. The Morgan fingerprint density at radius 1 is 1.16 bits per heavy atom. The number of rotatable bonds is 9. The number of allylic oxidation sites excluding steroid dienone is 1. The number of fused-ring (bicyclic) bond motifs is 6. The highest BCUT2D eigenvalue weighted by molar-refractivity contribution is 8.77. The summed E-state index contributed by atoms with van der Waals surface area (Å²) < 4.78 is 20.2. The van der Waals surface area contributed by atoms with Gasteiger partial charge in [-0.15, -0.1) is 0 Å². The minimum Gasteiger partial charge on any atom is -0.481 e. The number of carbonyl (C=O) groups excluding carboxylic acids is 3. The Hall–Kier alpha value is -4.15. The maximum atomic E-state index is 14.5. The molecule has 1 aromatic carbocycles. The standard InChI is InChI=1S/C49H60N4O9S2/c1-5-27(2)45(58)62-47(3)13-9-28-26-63-64-39-17-32(24-55)43(51-4)35-23-53(44(35)39)41(57)18-31-22-52-40(50)19-34(31)42(28)49(47)21-30-15-29-16-36(46(59)60-37(29)20-38(30)61-49)48(11-7-6-8-12-48)33(25-56)10-14-54/h5,9,15-16,19-20,22,24,32-33,35,39,42-44,51,54,56H,6-8,10-14,17-18,21,23,25-26H2,1-4H3,(H2,50,52). The number of aldehydes is 1. The second-order valence-corrected chi connectivity index (χ2v) is 21.8. The van der Waals surface area contributed by atoms with E-state index in [4.69, 9.17) is 19.6 Å². The predicted octanol–water partition coefficient (Wildman–Crippen LogP) is 5.96. The molecule has 9 rings (SSSR count). The molecule has 1 spiro atoms. The lowest BCUT2D eigenvalue weighted by molar-refractivity contribution is -0.183. The van der Waals surface area contributed by atoms with E-state index in [-0.39, 0.29) is 66.4 Å². The van der Waals surface area contributed by atoms with Crippen molar-refractivity contribution >= 4 is 56.5 Å². The van der Waals surface area contributed by atoms with E-state index in [0.717, 1.165) is 42.2 Å². The van der Waals surface area contributed by atoms with Gasteiger partial charge in [0.1, 0.15) is 23.4 Å². The summed E-state index contributed by atoms with van der Waals surface area (Å²) >= 11 is 0. The molecule has 6 aliphatic rings. The van der Waals surface area contributed by atoms with Gasteiger partial charge in [-0.25, -0.2) is 14.6 Å². The monoisotopic (exact) mass is 912 g/mol. The van der Waals surface area contributed by atoms with Crippen LogP contribution in [0.15, 0.2) is 63.0 Å². The van der Waals surface area contributed by atoms with Crippen molar-refractivity contribution in [1.29, 1.82) is 0 Å². The lowest BCUT2D eigenvalue weighted by atomic mass is 9.61. The van der Waals surface area contributed by atoms with Crippen molar-refractivity contribution in [3.63, 3.8) is 0 Å². The molecule has 342 valence electrons. The van der Waals surface area contributed by atoms with Crippen molar-refractivity contribution in [2.75, 3.05) is 38.3 Å². The average Bonchev–Trinajstić information content (AvgIpc) is 3.65. The van der Waals surface area contributed by atoms with Crippen LogP contribution in [-0.2, 0) is 37.4 Å². The number of nitrogen functional groups attached to an aromatic ring is 1. The average molecular weight is 913 g/mol. The minimum atomic E-state index is -1.27. The van der Waals surface area contributed by atoms with Gasteiger partial charge in [-0.05, 0) is 94.3 Å². The SMILES string of the molecule is CC=C(C)C(=O)OC1(C)CC=C2CSSC3CC(C=O)C(NC)C4CN(C(=O)Cc5cnc(N)cc5C2C12Cc1cc5cc(C6(C(CO)CCO)CCCCC6)c(=O)oc5cc1O2)C34. The first-order valence-electron chi connectivity index (χ1n) is 22.9. The molecule has 1 saturated heterocycles. The van der Waals surface area contributed by atoms with E-state index in [1.807, 2.05) is 37.1 Å². The zero-order chi connectivity index (χ0) is 45.1. The van der Waals surface area contributed by atoms with Gasteiger partial charge in [-0.2, -0.15) is 0 Å². The Kier molecular flexibility index (Phi) is 12.4. The van der Waals surface area contributed by atoms with E-state index in [0.29, 0.717) is 84.2 Å². The van der Waals surface area contributed by atoms with E-state index >= 15 is 0 Å². The van der Waals surface area contributed by atoms with Gasteiger partial charge >= 0.3 is 11.6 Å². The number of nitrogens with zero attached hydrogens (tertiary/aromatic N) is 2. The predicted molar refractivity (Wildman–Crippen MR) is 248 cm³/mol. The molecule has 5 heterocycles. The number of hydrogen-bond acceptors (Lipinski definition) is 14. The molecule has 0 bridgehead atoms. The molecule has 9 unspecified atom stereocenters. The number of aromatic nitrogens is 1. The lowest BCUT2D eigenvalue weighted by Gasteiger charge is -2.58. The number of aliphatic hydroxyl groups excluding tert-OH is 2. The molecule has 15 heteroatoms. The first kappa shape index (κ1) is 45.0. The van der Waals surface area contributed by atoms with Gasteiger partial charge in [0.25, 0.3) is 0 Å². The molecule has 3 aromatic rings. The van der Waals surface area contributed by atoms with Gasteiger partial charge < -0.3 is 44.8 Å². The number of pyridine rings is 1. The summed E-state index contributed by atoms with van der Waals surface area (Å²) in [5, 5.41) is 24.8. The van der Waals surface area contributed by atoms with E-state index in [2.05, 4.69) is 16.4 Å². The van der Waals surface area contributed by atoms with Crippen LogP contribution in [0, 0.1) is 17.8 Å². The van der Waals surface area contributed by atoms with Crippen molar-refractivity contribution in [3.8, 4) is 5.75 Å². The first-order chi connectivity index (χ1) is 30.8. The molecule has 2 saturated carbocycles. The van der Waals surface area contributed by atoms with Gasteiger partial charge in [-0.1, -0.05) is 58.6 Å². The molecule has 3 aliphatic heterocycles. The van der Waals surface area contributed by atoms with Gasteiger partial charge in [0.15, 0.2) is 11.2 Å². The summed E-state index contributed by atoms with van der Waals surface area (Å²) in [6.07, 6.45) is 12.7. The van der Waals surface area contributed by atoms with Crippen molar-refractivity contribution < 1.29 is 38.5 Å². The highest BCUT2D eigenvalue weighted by atomic mass is 33.1. The van der Waals surface area contributed by atoms with Crippen molar-refractivity contribution in [2.45, 2.75) is 125 Å². The molecule has 5 N–H and O–H groups in total. The van der Waals surface area contributed by atoms with Gasteiger partial charge in [0.2, 0.25) is 5.91 Å². The molecule has 9 atom stereocenters. The quantitative estimate of drug-likeness (QED) is 0.0491. The number of nitrogens with one attached hydrogen (secondary N) is 1. The highest BCUT2D eigenvalue weighted by Crippen LogP contribution is 2.59. The van der Waals surface area contributed by atoms with E-state index < -0.39 is 34.1 Å². The largest absolute Gasteiger partial charge is 0.481 e. The summed E-state index contributed by atoms with van der Waals surface area (Å²) in [6.45, 7) is 5.75. The van der Waals surface area contributed by atoms with E-state index in [9.17, 15) is 29.4 Å². The topological polar surface area (TPSA) is 195 Å². The molecular formula is C49H60N4O9S2. The smallest absolute Gasteiger partial charge is 0.340 e. The van der Waals surface area contributed by atoms with Crippen LogP contribution in [0.2, 0.25) is 0 Å². The van der Waals surface area contributed by atoms with Crippen LogP contribution in [0.5, 0.6) is 5.75 Å². The van der Waals surface area contributed by atoms with Crippen LogP contribution in [-0.4, -0.2) is 99.4 Å². The van der Waals surface area contributed by atoms with Crippen molar-refractivity contribution in [3.05, 3.63) is 86.4 Å². The second-order valence-electron chi connectivity index (χ2n) is 19.2. The number of ether oxygens (including phenoxy) is 2. The van der Waals surface area contributed by atoms with E-state index in [1.165, 1.54) is 0 Å². The summed E-state index contributed by atoms with van der Waals surface area (Å²) in [5.74, 6) is 0.00192. The van der Waals surface area contributed by atoms with Crippen LogP contribution >= 0.6 is 21.6 Å². The Labute approximate surface area is 381 Å². The number of benzene rings is 1. The Morgan fingerprint density at radius 3 is 2.67 bits per heavy atom. The summed E-state index contributed by atoms with van der Waals surface area (Å²) in [7, 11) is 5.34. The first-order valence-corrected chi connectivity index (χ1v) is 25.2. The number of nitrogens with two attached hydrogens (primary N) is 1. The number of hydrogen-bond donors (Lipinski definition) is 4. The zero-order valence-electron chi connectivity index (χ0n) is 37.1. The van der Waals surface area contributed by atoms with Crippen LogP contribution in [0.3, 0.4) is 0 Å². The molecule has 0 radical (unpaired) electrons. The number of anilines is 1. The van der Waals surface area contributed by atoms with Gasteiger partial charge in [-0.3, -0.25) is 4.79 Å². The Bertz CT molecular complexity index is 2470. The van der Waals surface area contributed by atoms with Crippen LogP contribution in [0.1, 0.15) is 100 Å². The maximum absolute atomic E-state index is 14.5. The molecule has 3 fully saturated rings. The second kappa shape index (κ2) is 17.6. The molecule has 64 heavy (non-hydrogen) atoms. The summed E-state index contributed by atoms with van der Waals surface area (Å²) in [5.41, 5.74) is 7.61. The Balaban J connectivity index is 1.18. The highest BCUT2D eigenvalue weighted by Gasteiger charge is 2.64. The lowest BCUT2D eigenvalue weighted by Crippen LogP contribution is -2.72. The fourth-order valence-corrected chi connectivity index (χ4v) is 15.6. The zero-order valence-corrected chi connectivity index (χ0v) is 38.7. The third-order valence-electron chi connectivity index (χ3n) is 15.9. The van der Waals surface area contributed by atoms with Crippen LogP contribution in [0.25, 0.3) is 11.0 Å². The molecule has 3 aliphatic carbocycles. The molecule has 2 aromatic heterocycles. The van der Waals surface area contributed by atoms with Gasteiger partial charge in [0.05, 0.1) is 18.4 Å². The number of carbonyl (C=O) groups is 3. The van der Waals surface area contributed by atoms with E-state index in [1.54, 1.807) is 53.8 Å². The summed E-state index contributed by atoms with van der Waals surface area (Å²) in [4.78, 5) is 61.5. The van der Waals surface area contributed by atoms with Crippen LogP contribution in [0.4, 0.5) is 5.82 Å². The maximum Gasteiger partial charge on any atom is 0.340 e. The fraction of sp³-hybridized carbons (Fsp3) is 0.571. The van der Waals surface area contributed by atoms with Crippen molar-refractivity contribution in [1.82, 2.24) is 15.2 Å². The third kappa shape index (κ3) is 7.32. The van der Waals surface area contributed by atoms with Crippen molar-refractivity contribution in [2.24, 2.45) is 17.8 Å².